The van der Waals surface area contributed by atoms with Crippen molar-refractivity contribution in [2.75, 3.05) is 16.8 Å². The van der Waals surface area contributed by atoms with Crippen molar-refractivity contribution in [3.63, 3.8) is 0 Å². The van der Waals surface area contributed by atoms with Crippen LogP contribution in [0.5, 0.6) is 5.75 Å². The number of hydrogen-bond donors (Lipinski definition) is 3. The molecule has 0 aromatic heterocycles. The minimum Gasteiger partial charge on any atom is -0.506 e. The van der Waals surface area contributed by atoms with Crippen molar-refractivity contribution in [1.29, 1.82) is 0 Å². The molecule has 8 heteroatoms. The number of hydrogen-bond acceptors (Lipinski definition) is 5. The van der Waals surface area contributed by atoms with Crippen molar-refractivity contribution in [1.82, 2.24) is 5.32 Å². The molecule has 114 valence electrons. The van der Waals surface area contributed by atoms with E-state index in [-0.39, 0.29) is 22.9 Å². The Balaban J connectivity index is 1.97. The van der Waals surface area contributed by atoms with E-state index in [2.05, 4.69) is 10.6 Å². The molecular weight excluding hydrogens is 296 g/mol. The zero-order chi connectivity index (χ0) is 15.6. The number of phenols is 1. The molecule has 1 aliphatic heterocycles. The highest BCUT2D eigenvalue weighted by Gasteiger charge is 2.30. The van der Waals surface area contributed by atoms with Gasteiger partial charge in [-0.05, 0) is 31.0 Å². The van der Waals surface area contributed by atoms with Crippen LogP contribution >= 0.6 is 0 Å². The summed E-state index contributed by atoms with van der Waals surface area (Å²) in [7, 11) is -3.12. The molecule has 1 heterocycles. The standard InChI is InChI=1S/C13H16N2O5S/c1-8-2-3-11(16)10(6-8)15-13(18)12(17)14-9-4-5-21(19,20)7-9/h2-3,6,9,16H,4-5,7H2,1H3,(H,14,17)(H,15,18). The van der Waals surface area contributed by atoms with E-state index in [9.17, 15) is 23.1 Å². The van der Waals surface area contributed by atoms with Gasteiger partial charge in [-0.15, -0.1) is 0 Å². The lowest BCUT2D eigenvalue weighted by atomic mass is 10.2. The van der Waals surface area contributed by atoms with Gasteiger partial charge in [0.05, 0.1) is 17.2 Å². The normalized spacial score (nSPS) is 20.0. The predicted octanol–water partition coefficient (Wildman–Crippen LogP) is -0.0576. The van der Waals surface area contributed by atoms with Crippen molar-refractivity contribution in [2.24, 2.45) is 0 Å². The van der Waals surface area contributed by atoms with Gasteiger partial charge in [-0.3, -0.25) is 9.59 Å². The fraction of sp³-hybridized carbons (Fsp3) is 0.385. The fourth-order valence-corrected chi connectivity index (χ4v) is 3.76. The maximum absolute atomic E-state index is 11.7. The summed E-state index contributed by atoms with van der Waals surface area (Å²) in [6.45, 7) is 1.78. The van der Waals surface area contributed by atoms with Crippen molar-refractivity contribution < 1.29 is 23.1 Å². The molecule has 0 spiro atoms. The zero-order valence-electron chi connectivity index (χ0n) is 11.4. The summed E-state index contributed by atoms with van der Waals surface area (Å²) in [5, 5.41) is 14.3. The first-order chi connectivity index (χ1) is 9.77. The number of carbonyl (C=O) groups is 2. The molecule has 1 saturated heterocycles. The van der Waals surface area contributed by atoms with E-state index in [0.717, 1.165) is 5.56 Å². The highest BCUT2D eigenvalue weighted by atomic mass is 32.2. The number of amides is 2. The number of rotatable bonds is 2. The summed E-state index contributed by atoms with van der Waals surface area (Å²) >= 11 is 0. The molecule has 2 amide bonds. The molecule has 21 heavy (non-hydrogen) atoms. The molecule has 1 atom stereocenters. The number of anilines is 1. The number of sulfone groups is 1. The van der Waals surface area contributed by atoms with E-state index in [4.69, 9.17) is 0 Å². The Bertz CT molecular complexity index is 684. The molecule has 0 radical (unpaired) electrons. The van der Waals surface area contributed by atoms with E-state index in [1.165, 1.54) is 12.1 Å². The Morgan fingerprint density at radius 1 is 1.29 bits per heavy atom. The van der Waals surface area contributed by atoms with Crippen LogP contribution in [0.15, 0.2) is 18.2 Å². The molecular formula is C13H16N2O5S. The van der Waals surface area contributed by atoms with Gasteiger partial charge in [-0.25, -0.2) is 8.42 Å². The highest BCUT2D eigenvalue weighted by molar-refractivity contribution is 7.91. The summed E-state index contributed by atoms with van der Waals surface area (Å²) in [5.41, 5.74) is 0.944. The molecule has 1 fully saturated rings. The average molecular weight is 312 g/mol. The van der Waals surface area contributed by atoms with Gasteiger partial charge in [0, 0.05) is 6.04 Å². The number of aryl methyl sites for hydroxylation is 1. The van der Waals surface area contributed by atoms with Crippen LogP contribution in [0.2, 0.25) is 0 Å². The quantitative estimate of drug-likeness (QED) is 0.523. The smallest absolute Gasteiger partial charge is 0.313 e. The van der Waals surface area contributed by atoms with Crippen LogP contribution < -0.4 is 10.6 Å². The fourth-order valence-electron chi connectivity index (χ4n) is 2.09. The number of benzene rings is 1. The second kappa shape index (κ2) is 5.72. The van der Waals surface area contributed by atoms with Gasteiger partial charge < -0.3 is 15.7 Å². The predicted molar refractivity (Wildman–Crippen MR) is 76.7 cm³/mol. The lowest BCUT2D eigenvalue weighted by molar-refractivity contribution is -0.136. The Morgan fingerprint density at radius 3 is 2.62 bits per heavy atom. The van der Waals surface area contributed by atoms with E-state index in [1.54, 1.807) is 13.0 Å². The van der Waals surface area contributed by atoms with Crippen LogP contribution in [-0.2, 0) is 19.4 Å². The first-order valence-electron chi connectivity index (χ1n) is 6.39. The van der Waals surface area contributed by atoms with Crippen molar-refractivity contribution in [2.45, 2.75) is 19.4 Å². The Hall–Kier alpha value is -2.09. The van der Waals surface area contributed by atoms with Gasteiger partial charge in [-0.2, -0.15) is 0 Å². The van der Waals surface area contributed by atoms with Crippen LogP contribution in [0.4, 0.5) is 5.69 Å². The van der Waals surface area contributed by atoms with Gasteiger partial charge in [-0.1, -0.05) is 6.07 Å². The van der Waals surface area contributed by atoms with Crippen molar-refractivity contribution in [3.8, 4) is 5.75 Å². The van der Waals surface area contributed by atoms with Gasteiger partial charge >= 0.3 is 11.8 Å². The van der Waals surface area contributed by atoms with Crippen LogP contribution in [0, 0.1) is 6.92 Å². The van der Waals surface area contributed by atoms with Crippen LogP contribution in [0.3, 0.4) is 0 Å². The van der Waals surface area contributed by atoms with E-state index in [0.29, 0.717) is 6.42 Å². The van der Waals surface area contributed by atoms with E-state index >= 15 is 0 Å². The Morgan fingerprint density at radius 2 is 2.00 bits per heavy atom. The molecule has 0 bridgehead atoms. The SMILES string of the molecule is Cc1ccc(O)c(NC(=O)C(=O)NC2CCS(=O)(=O)C2)c1. The minimum absolute atomic E-state index is 0.0121. The second-order valence-electron chi connectivity index (χ2n) is 5.05. The number of carbonyl (C=O) groups excluding carboxylic acids is 2. The summed E-state index contributed by atoms with van der Waals surface area (Å²) in [5.74, 6) is -2.15. The molecule has 1 aromatic rings. The first-order valence-corrected chi connectivity index (χ1v) is 8.21. The number of nitrogens with one attached hydrogen (secondary N) is 2. The third kappa shape index (κ3) is 3.94. The molecule has 1 aromatic carbocycles. The monoisotopic (exact) mass is 312 g/mol. The van der Waals surface area contributed by atoms with Gasteiger partial charge in [0.25, 0.3) is 0 Å². The third-order valence-electron chi connectivity index (χ3n) is 3.17. The average Bonchev–Trinajstić information content (AvgIpc) is 2.73. The van der Waals surface area contributed by atoms with Gasteiger partial charge in [0.15, 0.2) is 9.84 Å². The van der Waals surface area contributed by atoms with Crippen molar-refractivity contribution >= 4 is 27.3 Å². The lowest BCUT2D eigenvalue weighted by Crippen LogP contribution is -2.42. The summed E-state index contributed by atoms with van der Waals surface area (Å²) in [6, 6.07) is 4.06. The minimum atomic E-state index is -3.12. The maximum Gasteiger partial charge on any atom is 0.313 e. The molecule has 0 aliphatic carbocycles. The number of phenolic OH excluding ortho intramolecular Hbond substituents is 1. The van der Waals surface area contributed by atoms with Crippen LogP contribution in [0.1, 0.15) is 12.0 Å². The van der Waals surface area contributed by atoms with Crippen LogP contribution in [-0.4, -0.2) is 42.9 Å². The Labute approximate surface area is 122 Å². The molecule has 1 unspecified atom stereocenters. The summed E-state index contributed by atoms with van der Waals surface area (Å²) in [4.78, 5) is 23.5. The third-order valence-corrected chi connectivity index (χ3v) is 4.94. The molecule has 7 nitrogen and oxygen atoms in total. The summed E-state index contributed by atoms with van der Waals surface area (Å²) < 4.78 is 22.6. The van der Waals surface area contributed by atoms with Gasteiger partial charge in [0.1, 0.15) is 5.75 Å². The van der Waals surface area contributed by atoms with Crippen molar-refractivity contribution in [3.05, 3.63) is 23.8 Å². The second-order valence-corrected chi connectivity index (χ2v) is 7.28. The topological polar surface area (TPSA) is 113 Å². The van der Waals surface area contributed by atoms with Crippen LogP contribution in [0.25, 0.3) is 0 Å². The lowest BCUT2D eigenvalue weighted by Gasteiger charge is -2.11. The molecule has 2 rings (SSSR count). The summed E-state index contributed by atoms with van der Waals surface area (Å²) in [6.07, 6.45) is 0.303. The maximum atomic E-state index is 11.7. The zero-order valence-corrected chi connectivity index (χ0v) is 12.2. The Kier molecular flexibility index (Phi) is 4.17. The molecule has 0 saturated carbocycles. The molecule has 3 N–H and O–H groups in total. The molecule has 1 aliphatic rings. The highest BCUT2D eigenvalue weighted by Crippen LogP contribution is 2.23. The van der Waals surface area contributed by atoms with Gasteiger partial charge in [0.2, 0.25) is 0 Å². The largest absolute Gasteiger partial charge is 0.506 e. The van der Waals surface area contributed by atoms with E-state index < -0.39 is 27.7 Å². The first kappa shape index (κ1) is 15.3. The number of aromatic hydroxyl groups is 1. The van der Waals surface area contributed by atoms with E-state index in [1.807, 2.05) is 0 Å².